The van der Waals surface area contributed by atoms with Crippen molar-refractivity contribution in [2.75, 3.05) is 11.9 Å². The van der Waals surface area contributed by atoms with E-state index in [1.54, 1.807) is 24.3 Å². The quantitative estimate of drug-likeness (QED) is 0.679. The van der Waals surface area contributed by atoms with Gasteiger partial charge in [0, 0.05) is 30.9 Å². The second-order valence-corrected chi connectivity index (χ2v) is 7.75. The second-order valence-electron chi connectivity index (χ2n) is 7.75. The molecule has 3 aromatic rings. The van der Waals surface area contributed by atoms with E-state index >= 15 is 0 Å². The van der Waals surface area contributed by atoms with Gasteiger partial charge < -0.3 is 10.0 Å². The molecule has 1 aliphatic carbocycles. The van der Waals surface area contributed by atoms with E-state index in [-0.39, 0.29) is 5.75 Å². The first-order chi connectivity index (χ1) is 14.6. The lowest BCUT2D eigenvalue weighted by atomic mass is 9.94. The highest BCUT2D eigenvalue weighted by molar-refractivity contribution is 5.74. The van der Waals surface area contributed by atoms with Gasteiger partial charge in [0.25, 0.3) is 5.56 Å². The highest BCUT2D eigenvalue weighted by Crippen LogP contribution is 2.32. The van der Waals surface area contributed by atoms with Crippen LogP contribution >= 0.6 is 0 Å². The molecule has 0 radical (unpaired) electrons. The van der Waals surface area contributed by atoms with Crippen molar-refractivity contribution >= 4 is 5.82 Å². The molecule has 2 heterocycles. The molecule has 0 saturated heterocycles. The summed E-state index contributed by atoms with van der Waals surface area (Å²) in [7, 11) is 2.06. The van der Waals surface area contributed by atoms with Crippen LogP contribution in [0.25, 0.3) is 22.4 Å². The molecule has 30 heavy (non-hydrogen) atoms. The fourth-order valence-electron chi connectivity index (χ4n) is 4.03. The maximum Gasteiger partial charge on any atom is 0.253 e. The molecule has 0 unspecified atom stereocenters. The van der Waals surface area contributed by atoms with E-state index in [4.69, 9.17) is 0 Å². The lowest BCUT2D eigenvalue weighted by Crippen LogP contribution is -2.34. The molecule has 2 aromatic heterocycles. The summed E-state index contributed by atoms with van der Waals surface area (Å²) >= 11 is 0. The van der Waals surface area contributed by atoms with Crippen LogP contribution < -0.4 is 10.5 Å². The van der Waals surface area contributed by atoms with Gasteiger partial charge in [0.15, 0.2) is 12.6 Å². The SMILES string of the molecule is CN(c1ccc(-c2ccc(-c3ccn(CF)c(=O)c3)cc2O)nn1)C1CCCCC1. The second kappa shape index (κ2) is 8.65. The van der Waals surface area contributed by atoms with Gasteiger partial charge in [-0.05, 0) is 54.3 Å². The Bertz CT molecular complexity index is 1080. The van der Waals surface area contributed by atoms with Crippen molar-refractivity contribution in [3.05, 3.63) is 59.0 Å². The molecule has 1 aromatic carbocycles. The molecule has 0 aliphatic heterocycles. The average Bonchev–Trinajstić information content (AvgIpc) is 2.79. The number of pyridine rings is 1. The molecule has 1 aliphatic rings. The predicted molar refractivity (Wildman–Crippen MR) is 115 cm³/mol. The maximum atomic E-state index is 12.7. The van der Waals surface area contributed by atoms with Crippen molar-refractivity contribution < 1.29 is 9.50 Å². The predicted octanol–water partition coefficient (Wildman–Crippen LogP) is 4.37. The lowest BCUT2D eigenvalue weighted by molar-refractivity contribution is 0.369. The number of aromatic nitrogens is 3. The van der Waals surface area contributed by atoms with Gasteiger partial charge in [0.05, 0.1) is 5.69 Å². The van der Waals surface area contributed by atoms with Crippen LogP contribution in [-0.4, -0.2) is 33.0 Å². The molecule has 156 valence electrons. The summed E-state index contributed by atoms with van der Waals surface area (Å²) in [5.74, 6) is 0.875. The van der Waals surface area contributed by atoms with Crippen LogP contribution in [0.3, 0.4) is 0 Å². The van der Waals surface area contributed by atoms with Crippen molar-refractivity contribution in [2.45, 2.75) is 44.9 Å². The van der Waals surface area contributed by atoms with Crippen molar-refractivity contribution in [3.8, 4) is 28.1 Å². The molecule has 4 rings (SSSR count). The zero-order valence-electron chi connectivity index (χ0n) is 17.0. The van der Waals surface area contributed by atoms with Crippen molar-refractivity contribution in [1.82, 2.24) is 14.8 Å². The average molecular weight is 408 g/mol. The number of anilines is 1. The Morgan fingerprint density at radius 1 is 1.07 bits per heavy atom. The van der Waals surface area contributed by atoms with Crippen LogP contribution in [0.15, 0.2) is 53.5 Å². The Morgan fingerprint density at radius 2 is 1.83 bits per heavy atom. The minimum Gasteiger partial charge on any atom is -0.507 e. The van der Waals surface area contributed by atoms with E-state index < -0.39 is 12.4 Å². The smallest absolute Gasteiger partial charge is 0.253 e. The minimum atomic E-state index is -0.867. The molecule has 7 heteroatoms. The fraction of sp³-hybridized carbons (Fsp3) is 0.348. The van der Waals surface area contributed by atoms with Gasteiger partial charge in [-0.1, -0.05) is 25.3 Å². The van der Waals surface area contributed by atoms with Crippen molar-refractivity contribution in [3.63, 3.8) is 0 Å². The van der Waals surface area contributed by atoms with Crippen molar-refractivity contribution in [2.24, 2.45) is 0 Å². The molecular formula is C23H25FN4O2. The zero-order valence-corrected chi connectivity index (χ0v) is 17.0. The molecule has 1 fully saturated rings. The topological polar surface area (TPSA) is 71.2 Å². The van der Waals surface area contributed by atoms with E-state index in [9.17, 15) is 14.3 Å². The van der Waals surface area contributed by atoms with Crippen LogP contribution in [0.4, 0.5) is 10.2 Å². The first-order valence-corrected chi connectivity index (χ1v) is 10.2. The third kappa shape index (κ3) is 4.06. The van der Waals surface area contributed by atoms with Gasteiger partial charge in [-0.15, -0.1) is 10.2 Å². The molecule has 0 amide bonds. The third-order valence-electron chi connectivity index (χ3n) is 5.87. The largest absolute Gasteiger partial charge is 0.507 e. The Balaban J connectivity index is 1.55. The Hall–Kier alpha value is -3.22. The first kappa shape index (κ1) is 20.1. The zero-order chi connectivity index (χ0) is 21.1. The number of halogens is 1. The highest BCUT2D eigenvalue weighted by Gasteiger charge is 2.19. The molecule has 0 bridgehead atoms. The van der Waals surface area contributed by atoms with E-state index in [1.807, 2.05) is 12.1 Å². The van der Waals surface area contributed by atoms with Crippen LogP contribution in [-0.2, 0) is 6.80 Å². The number of hydrogen-bond acceptors (Lipinski definition) is 5. The number of nitrogens with zero attached hydrogens (tertiary/aromatic N) is 4. The van der Waals surface area contributed by atoms with Gasteiger partial charge in [-0.3, -0.25) is 9.36 Å². The summed E-state index contributed by atoms with van der Waals surface area (Å²) in [5, 5.41) is 19.2. The lowest BCUT2D eigenvalue weighted by Gasteiger charge is -2.31. The van der Waals surface area contributed by atoms with Gasteiger partial charge >= 0.3 is 0 Å². The van der Waals surface area contributed by atoms with Gasteiger partial charge in [-0.25, -0.2) is 4.39 Å². The molecular weight excluding hydrogens is 383 g/mol. The van der Waals surface area contributed by atoms with Gasteiger partial charge in [-0.2, -0.15) is 0 Å². The van der Waals surface area contributed by atoms with E-state index in [0.29, 0.717) is 28.4 Å². The number of hydrogen-bond donors (Lipinski definition) is 1. The summed E-state index contributed by atoms with van der Waals surface area (Å²) in [6.45, 7) is -0.867. The molecule has 1 saturated carbocycles. The number of alkyl halides is 1. The van der Waals surface area contributed by atoms with Crippen LogP contribution in [0.1, 0.15) is 32.1 Å². The first-order valence-electron chi connectivity index (χ1n) is 10.2. The summed E-state index contributed by atoms with van der Waals surface area (Å²) in [6, 6.07) is 12.4. The van der Waals surface area contributed by atoms with E-state index in [0.717, 1.165) is 10.4 Å². The molecule has 6 nitrogen and oxygen atoms in total. The third-order valence-corrected chi connectivity index (χ3v) is 5.87. The molecule has 0 spiro atoms. The summed E-state index contributed by atoms with van der Waals surface area (Å²) in [6.07, 6.45) is 7.57. The van der Waals surface area contributed by atoms with Crippen LogP contribution in [0.5, 0.6) is 5.75 Å². The number of aromatic hydroxyl groups is 1. The molecule has 1 N–H and O–H groups in total. The van der Waals surface area contributed by atoms with Gasteiger partial charge in [0.1, 0.15) is 5.75 Å². The molecule has 0 atom stereocenters. The Kier molecular flexibility index (Phi) is 5.79. The number of rotatable bonds is 5. The summed E-state index contributed by atoms with van der Waals surface area (Å²) in [4.78, 5) is 14.1. The summed E-state index contributed by atoms with van der Waals surface area (Å²) in [5.41, 5.74) is 1.99. The Morgan fingerprint density at radius 3 is 2.47 bits per heavy atom. The van der Waals surface area contributed by atoms with Crippen LogP contribution in [0.2, 0.25) is 0 Å². The maximum absolute atomic E-state index is 12.7. The summed E-state index contributed by atoms with van der Waals surface area (Å²) < 4.78 is 13.7. The number of phenolic OH excluding ortho intramolecular Hbond substituents is 1. The Labute approximate surface area is 174 Å². The number of phenols is 1. The van der Waals surface area contributed by atoms with E-state index in [2.05, 4.69) is 22.1 Å². The monoisotopic (exact) mass is 408 g/mol. The van der Waals surface area contributed by atoms with Crippen molar-refractivity contribution in [1.29, 1.82) is 0 Å². The standard InChI is InChI=1S/C23H25FN4O2/c1-27(18-5-3-2-4-6-18)22-10-9-20(25-26-22)19-8-7-16(13-21(19)29)17-11-12-28(15-24)23(30)14-17/h7-14,18,29H,2-6,15H2,1H3. The highest BCUT2D eigenvalue weighted by atomic mass is 19.1. The normalized spacial score (nSPS) is 14.6. The number of benzene rings is 1. The van der Waals surface area contributed by atoms with Gasteiger partial charge in [0.2, 0.25) is 0 Å². The fourth-order valence-corrected chi connectivity index (χ4v) is 4.03. The van der Waals surface area contributed by atoms with E-state index in [1.165, 1.54) is 44.4 Å². The van der Waals surface area contributed by atoms with Crippen LogP contribution in [0, 0.1) is 0 Å². The minimum absolute atomic E-state index is 0.0462.